The Balaban J connectivity index is 1.68. The fourth-order valence-corrected chi connectivity index (χ4v) is 3.73. The lowest BCUT2D eigenvalue weighted by Crippen LogP contribution is -2.12. The number of benzene rings is 3. The summed E-state index contributed by atoms with van der Waals surface area (Å²) in [6, 6.07) is 18.6. The van der Waals surface area contributed by atoms with Gasteiger partial charge in [0.15, 0.2) is 0 Å². The zero-order valence-electron chi connectivity index (χ0n) is 18.6. The topological polar surface area (TPSA) is 95.0 Å². The molecule has 7 heteroatoms. The van der Waals surface area contributed by atoms with E-state index in [-0.39, 0.29) is 6.61 Å². The Morgan fingerprint density at radius 1 is 0.781 bits per heavy atom. The van der Waals surface area contributed by atoms with Crippen molar-refractivity contribution < 1.29 is 5.11 Å². The molecule has 0 aliphatic carbocycles. The number of nitrogens with zero attached hydrogens (tertiary/aromatic N) is 3. The number of aliphatic hydroxyl groups is 1. The molecule has 3 aromatic carbocycles. The van der Waals surface area contributed by atoms with E-state index in [1.54, 1.807) is 0 Å². The van der Waals surface area contributed by atoms with Crippen molar-refractivity contribution in [1.29, 1.82) is 0 Å². The average Bonchev–Trinajstić information content (AvgIpc) is 2.78. The molecule has 4 rings (SSSR count). The molecule has 1 aromatic heterocycles. The second-order valence-electron chi connectivity index (χ2n) is 7.68. The Morgan fingerprint density at radius 3 is 2.25 bits per heavy atom. The summed E-state index contributed by atoms with van der Waals surface area (Å²) < 4.78 is 0. The standard InChI is InChI=1S/C25H28N6O/c1-4-18-11-12-19(15-17(18)3)27-24-29-23(26-13-14-32)30-25(31-24)28-22-10-6-8-20-16(2)7-5-9-21(20)22/h5-12,15,32H,4,13-14H2,1-3H3,(H3,26,27,28,29,30,31). The second kappa shape index (κ2) is 9.62. The van der Waals surface area contributed by atoms with Gasteiger partial charge in [0.25, 0.3) is 0 Å². The lowest BCUT2D eigenvalue weighted by Gasteiger charge is -2.13. The molecule has 0 aliphatic rings. The van der Waals surface area contributed by atoms with Crippen LogP contribution in [-0.2, 0) is 6.42 Å². The number of aromatic nitrogens is 3. The van der Waals surface area contributed by atoms with Crippen molar-refractivity contribution in [3.05, 3.63) is 71.3 Å². The van der Waals surface area contributed by atoms with Crippen LogP contribution in [0.25, 0.3) is 10.8 Å². The fraction of sp³-hybridized carbons (Fsp3) is 0.240. The van der Waals surface area contributed by atoms with Crippen LogP contribution in [0, 0.1) is 13.8 Å². The molecule has 0 unspecified atom stereocenters. The van der Waals surface area contributed by atoms with E-state index in [9.17, 15) is 5.11 Å². The fourth-order valence-electron chi connectivity index (χ4n) is 3.73. The van der Waals surface area contributed by atoms with Crippen LogP contribution in [0.4, 0.5) is 29.2 Å². The van der Waals surface area contributed by atoms with Crippen molar-refractivity contribution in [3.63, 3.8) is 0 Å². The minimum atomic E-state index is -0.0164. The first-order chi connectivity index (χ1) is 15.6. The van der Waals surface area contributed by atoms with Crippen LogP contribution in [0.1, 0.15) is 23.6 Å². The molecule has 0 saturated carbocycles. The molecule has 0 fully saturated rings. The molecular formula is C25H28N6O. The Kier molecular flexibility index (Phi) is 6.47. The van der Waals surface area contributed by atoms with E-state index in [1.807, 2.05) is 24.3 Å². The predicted molar refractivity (Wildman–Crippen MR) is 131 cm³/mol. The van der Waals surface area contributed by atoms with Gasteiger partial charge in [0.05, 0.1) is 6.61 Å². The summed E-state index contributed by atoms with van der Waals surface area (Å²) in [6.07, 6.45) is 0.992. The lowest BCUT2D eigenvalue weighted by molar-refractivity contribution is 0.311. The van der Waals surface area contributed by atoms with Crippen LogP contribution in [0.3, 0.4) is 0 Å². The van der Waals surface area contributed by atoms with Gasteiger partial charge in [-0.3, -0.25) is 0 Å². The number of aryl methyl sites for hydroxylation is 3. The summed E-state index contributed by atoms with van der Waals surface area (Å²) >= 11 is 0. The molecule has 0 aliphatic heterocycles. The van der Waals surface area contributed by atoms with Crippen molar-refractivity contribution in [2.24, 2.45) is 0 Å². The van der Waals surface area contributed by atoms with Crippen molar-refractivity contribution in [3.8, 4) is 0 Å². The number of fused-ring (bicyclic) bond motifs is 1. The number of hydrogen-bond acceptors (Lipinski definition) is 7. The van der Waals surface area contributed by atoms with E-state index in [1.165, 1.54) is 22.1 Å². The molecule has 7 nitrogen and oxygen atoms in total. The molecule has 1 heterocycles. The van der Waals surface area contributed by atoms with Crippen LogP contribution >= 0.6 is 0 Å². The van der Waals surface area contributed by atoms with Gasteiger partial charge < -0.3 is 21.1 Å². The number of hydrogen-bond donors (Lipinski definition) is 4. The van der Waals surface area contributed by atoms with Crippen molar-refractivity contribution in [2.45, 2.75) is 27.2 Å². The molecule has 164 valence electrons. The number of aliphatic hydroxyl groups excluding tert-OH is 1. The van der Waals surface area contributed by atoms with Gasteiger partial charge in [-0.2, -0.15) is 15.0 Å². The monoisotopic (exact) mass is 428 g/mol. The predicted octanol–water partition coefficient (Wildman–Crippen LogP) is 5.10. The van der Waals surface area contributed by atoms with Crippen molar-refractivity contribution in [2.75, 3.05) is 29.1 Å². The number of nitrogens with one attached hydrogen (secondary N) is 3. The highest BCUT2D eigenvalue weighted by molar-refractivity contribution is 5.96. The van der Waals surface area contributed by atoms with Crippen LogP contribution in [0.5, 0.6) is 0 Å². The summed E-state index contributed by atoms with van der Waals surface area (Å²) in [4.78, 5) is 13.5. The Morgan fingerprint density at radius 2 is 1.50 bits per heavy atom. The minimum Gasteiger partial charge on any atom is -0.395 e. The molecule has 0 amide bonds. The van der Waals surface area contributed by atoms with Gasteiger partial charge in [-0.15, -0.1) is 0 Å². The molecular weight excluding hydrogens is 400 g/mol. The molecule has 0 bridgehead atoms. The normalized spacial score (nSPS) is 10.9. The third kappa shape index (κ3) is 4.78. The first-order valence-electron chi connectivity index (χ1n) is 10.8. The van der Waals surface area contributed by atoms with Crippen LogP contribution in [-0.4, -0.2) is 33.2 Å². The smallest absolute Gasteiger partial charge is 0.233 e. The Labute approximate surface area is 188 Å². The van der Waals surface area contributed by atoms with Gasteiger partial charge in [-0.05, 0) is 60.5 Å². The van der Waals surface area contributed by atoms with Crippen LogP contribution < -0.4 is 16.0 Å². The van der Waals surface area contributed by atoms with E-state index in [2.05, 4.69) is 82.0 Å². The zero-order chi connectivity index (χ0) is 22.5. The van der Waals surface area contributed by atoms with Gasteiger partial charge in [-0.25, -0.2) is 0 Å². The molecule has 0 spiro atoms. The third-order valence-corrected chi connectivity index (χ3v) is 5.40. The molecule has 0 radical (unpaired) electrons. The van der Waals surface area contributed by atoms with Gasteiger partial charge in [0, 0.05) is 23.3 Å². The van der Waals surface area contributed by atoms with Gasteiger partial charge in [-0.1, -0.05) is 43.3 Å². The van der Waals surface area contributed by atoms with Gasteiger partial charge >= 0.3 is 0 Å². The molecule has 0 atom stereocenters. The highest BCUT2D eigenvalue weighted by atomic mass is 16.3. The maximum absolute atomic E-state index is 9.20. The summed E-state index contributed by atoms with van der Waals surface area (Å²) in [5.41, 5.74) is 5.56. The third-order valence-electron chi connectivity index (χ3n) is 5.40. The number of rotatable bonds is 8. The summed E-state index contributed by atoms with van der Waals surface area (Å²) in [7, 11) is 0. The van der Waals surface area contributed by atoms with E-state index in [4.69, 9.17) is 0 Å². The second-order valence-corrected chi connectivity index (χ2v) is 7.68. The molecule has 4 aromatic rings. The van der Waals surface area contributed by atoms with E-state index in [0.717, 1.165) is 23.2 Å². The van der Waals surface area contributed by atoms with Crippen molar-refractivity contribution >= 4 is 40.0 Å². The quantitative estimate of drug-likeness (QED) is 0.310. The molecule has 0 saturated heterocycles. The maximum Gasteiger partial charge on any atom is 0.233 e. The van der Waals surface area contributed by atoms with Crippen LogP contribution in [0.15, 0.2) is 54.6 Å². The van der Waals surface area contributed by atoms with Gasteiger partial charge in [0.2, 0.25) is 17.8 Å². The molecule has 32 heavy (non-hydrogen) atoms. The highest BCUT2D eigenvalue weighted by Crippen LogP contribution is 2.28. The van der Waals surface area contributed by atoms with Crippen molar-refractivity contribution in [1.82, 2.24) is 15.0 Å². The van der Waals surface area contributed by atoms with E-state index >= 15 is 0 Å². The lowest BCUT2D eigenvalue weighted by atomic mass is 10.0. The van der Waals surface area contributed by atoms with Gasteiger partial charge in [0.1, 0.15) is 0 Å². The Hall–Kier alpha value is -3.71. The average molecular weight is 429 g/mol. The van der Waals surface area contributed by atoms with E-state index < -0.39 is 0 Å². The zero-order valence-corrected chi connectivity index (χ0v) is 18.6. The molecule has 4 N–H and O–H groups in total. The minimum absolute atomic E-state index is 0.0164. The maximum atomic E-state index is 9.20. The first kappa shape index (κ1) is 21.5. The SMILES string of the molecule is CCc1ccc(Nc2nc(NCCO)nc(Nc3cccc4c(C)cccc34)n2)cc1C. The summed E-state index contributed by atoms with van der Waals surface area (Å²) in [5.74, 6) is 1.22. The van der Waals surface area contributed by atoms with Crippen LogP contribution in [0.2, 0.25) is 0 Å². The first-order valence-corrected chi connectivity index (χ1v) is 10.8. The summed E-state index contributed by atoms with van der Waals surface area (Å²) in [6.45, 7) is 6.67. The highest BCUT2D eigenvalue weighted by Gasteiger charge is 2.10. The Bertz CT molecular complexity index is 1240. The number of anilines is 5. The largest absolute Gasteiger partial charge is 0.395 e. The summed E-state index contributed by atoms with van der Waals surface area (Å²) in [5, 5.41) is 21.1. The van der Waals surface area contributed by atoms with E-state index in [0.29, 0.717) is 24.4 Å².